The van der Waals surface area contributed by atoms with Gasteiger partial charge in [-0.2, -0.15) is 0 Å². The standard InChI is InChI=1S/C15H24N2O2/c1-10-5-6-14(12(3)7-10)17-15(19)16-9-11(2)8-13(4)18/h5-7,11,13,18H,8-9H2,1-4H3,(H2,16,17,19)/t11-,13+/m1/s1. The number of carbonyl (C=O) groups excluding carboxylic acids is 1. The van der Waals surface area contributed by atoms with Gasteiger partial charge in [-0.1, -0.05) is 24.6 Å². The molecule has 1 aromatic carbocycles. The quantitative estimate of drug-likeness (QED) is 0.766. The number of carbonyl (C=O) groups is 1. The first-order chi connectivity index (χ1) is 8.88. The molecule has 0 saturated carbocycles. The molecule has 0 aliphatic carbocycles. The van der Waals surface area contributed by atoms with Gasteiger partial charge in [0, 0.05) is 12.2 Å². The first kappa shape index (κ1) is 15.5. The Balaban J connectivity index is 2.43. The second-order valence-corrected chi connectivity index (χ2v) is 5.34. The summed E-state index contributed by atoms with van der Waals surface area (Å²) >= 11 is 0. The van der Waals surface area contributed by atoms with Gasteiger partial charge >= 0.3 is 6.03 Å². The number of hydrogen-bond acceptors (Lipinski definition) is 2. The van der Waals surface area contributed by atoms with E-state index in [4.69, 9.17) is 0 Å². The van der Waals surface area contributed by atoms with Gasteiger partial charge in [0.25, 0.3) is 0 Å². The molecule has 2 atom stereocenters. The monoisotopic (exact) mass is 264 g/mol. The van der Waals surface area contributed by atoms with Gasteiger partial charge in [0.05, 0.1) is 6.10 Å². The van der Waals surface area contributed by atoms with Gasteiger partial charge in [-0.25, -0.2) is 4.79 Å². The largest absolute Gasteiger partial charge is 0.393 e. The molecule has 2 amide bonds. The Morgan fingerprint density at radius 1 is 1.32 bits per heavy atom. The highest BCUT2D eigenvalue weighted by atomic mass is 16.3. The van der Waals surface area contributed by atoms with E-state index in [1.54, 1.807) is 6.92 Å². The smallest absolute Gasteiger partial charge is 0.319 e. The number of hydrogen-bond donors (Lipinski definition) is 3. The molecule has 0 bridgehead atoms. The molecule has 0 aromatic heterocycles. The number of anilines is 1. The van der Waals surface area contributed by atoms with Crippen molar-refractivity contribution >= 4 is 11.7 Å². The molecule has 0 unspecified atom stereocenters. The Bertz CT molecular complexity index is 430. The van der Waals surface area contributed by atoms with Crippen molar-refractivity contribution in [2.45, 2.75) is 40.2 Å². The number of amides is 2. The molecular weight excluding hydrogens is 240 g/mol. The van der Waals surface area contributed by atoms with E-state index in [2.05, 4.69) is 10.6 Å². The van der Waals surface area contributed by atoms with Crippen molar-refractivity contribution in [3.05, 3.63) is 29.3 Å². The second-order valence-electron chi connectivity index (χ2n) is 5.34. The van der Waals surface area contributed by atoms with Crippen LogP contribution in [-0.2, 0) is 0 Å². The highest BCUT2D eigenvalue weighted by Crippen LogP contribution is 2.15. The molecular formula is C15H24N2O2. The van der Waals surface area contributed by atoms with Gasteiger partial charge < -0.3 is 15.7 Å². The van der Waals surface area contributed by atoms with Gasteiger partial charge in [-0.15, -0.1) is 0 Å². The molecule has 0 saturated heterocycles. The van der Waals surface area contributed by atoms with Gasteiger partial charge in [0.2, 0.25) is 0 Å². The fraction of sp³-hybridized carbons (Fsp3) is 0.533. The fourth-order valence-corrected chi connectivity index (χ4v) is 2.05. The van der Waals surface area contributed by atoms with Crippen LogP contribution in [0.15, 0.2) is 18.2 Å². The summed E-state index contributed by atoms with van der Waals surface area (Å²) in [6, 6.07) is 5.71. The van der Waals surface area contributed by atoms with Gasteiger partial charge in [-0.05, 0) is 44.7 Å². The van der Waals surface area contributed by atoms with E-state index < -0.39 is 0 Å². The Labute approximate surface area is 115 Å². The van der Waals surface area contributed by atoms with Crippen molar-refractivity contribution in [1.82, 2.24) is 5.32 Å². The number of rotatable bonds is 5. The molecule has 1 aromatic rings. The molecule has 106 valence electrons. The van der Waals surface area contributed by atoms with Crippen LogP contribution in [0.25, 0.3) is 0 Å². The van der Waals surface area contributed by atoms with Crippen molar-refractivity contribution in [3.63, 3.8) is 0 Å². The second kappa shape index (κ2) is 7.14. The highest BCUT2D eigenvalue weighted by Gasteiger charge is 2.09. The summed E-state index contributed by atoms with van der Waals surface area (Å²) in [5.74, 6) is 0.255. The highest BCUT2D eigenvalue weighted by molar-refractivity contribution is 5.90. The Morgan fingerprint density at radius 2 is 2.00 bits per heavy atom. The van der Waals surface area contributed by atoms with Crippen molar-refractivity contribution in [2.75, 3.05) is 11.9 Å². The molecule has 0 fully saturated rings. The maximum absolute atomic E-state index is 11.8. The molecule has 1 rings (SSSR count). The van der Waals surface area contributed by atoms with Crippen LogP contribution in [0.5, 0.6) is 0 Å². The molecule has 0 aliphatic rings. The van der Waals surface area contributed by atoms with E-state index in [-0.39, 0.29) is 18.1 Å². The number of urea groups is 1. The lowest BCUT2D eigenvalue weighted by Gasteiger charge is -2.15. The Hall–Kier alpha value is -1.55. The van der Waals surface area contributed by atoms with Crippen molar-refractivity contribution in [3.8, 4) is 0 Å². The van der Waals surface area contributed by atoms with Crippen LogP contribution in [-0.4, -0.2) is 23.8 Å². The van der Waals surface area contributed by atoms with Crippen molar-refractivity contribution in [1.29, 1.82) is 0 Å². The third kappa shape index (κ3) is 5.75. The summed E-state index contributed by atoms with van der Waals surface area (Å²) < 4.78 is 0. The van der Waals surface area contributed by atoms with E-state index in [1.165, 1.54) is 5.56 Å². The summed E-state index contributed by atoms with van der Waals surface area (Å²) in [4.78, 5) is 11.8. The van der Waals surface area contributed by atoms with Crippen LogP contribution in [0.3, 0.4) is 0 Å². The van der Waals surface area contributed by atoms with E-state index in [0.29, 0.717) is 13.0 Å². The molecule has 4 heteroatoms. The molecule has 4 nitrogen and oxygen atoms in total. The summed E-state index contributed by atoms with van der Waals surface area (Å²) in [5, 5.41) is 14.9. The zero-order chi connectivity index (χ0) is 14.4. The van der Waals surface area contributed by atoms with E-state index in [9.17, 15) is 9.90 Å². The SMILES string of the molecule is Cc1ccc(NC(=O)NC[C@H](C)C[C@H](C)O)c(C)c1. The molecule has 0 spiro atoms. The molecule has 0 radical (unpaired) electrons. The van der Waals surface area contributed by atoms with Gasteiger partial charge in [0.1, 0.15) is 0 Å². The summed E-state index contributed by atoms with van der Waals surface area (Å²) in [7, 11) is 0. The van der Waals surface area contributed by atoms with Crippen LogP contribution in [0.1, 0.15) is 31.4 Å². The maximum Gasteiger partial charge on any atom is 0.319 e. The normalized spacial score (nSPS) is 13.7. The lowest BCUT2D eigenvalue weighted by Crippen LogP contribution is -2.33. The summed E-state index contributed by atoms with van der Waals surface area (Å²) in [6.45, 7) is 8.31. The average Bonchev–Trinajstić information content (AvgIpc) is 2.29. The fourth-order valence-electron chi connectivity index (χ4n) is 2.05. The van der Waals surface area contributed by atoms with Crippen LogP contribution >= 0.6 is 0 Å². The zero-order valence-electron chi connectivity index (χ0n) is 12.2. The number of nitrogens with one attached hydrogen (secondary N) is 2. The van der Waals surface area contributed by atoms with E-state index in [1.807, 2.05) is 39.0 Å². The zero-order valence-corrected chi connectivity index (χ0v) is 12.2. The van der Waals surface area contributed by atoms with Crippen LogP contribution in [0.4, 0.5) is 10.5 Å². The van der Waals surface area contributed by atoms with E-state index in [0.717, 1.165) is 11.3 Å². The maximum atomic E-state index is 11.8. The van der Waals surface area contributed by atoms with Crippen LogP contribution in [0.2, 0.25) is 0 Å². The molecule has 0 aliphatic heterocycles. The predicted octanol–water partition coefficient (Wildman–Crippen LogP) is 2.83. The lowest BCUT2D eigenvalue weighted by molar-refractivity contribution is 0.163. The number of benzene rings is 1. The Morgan fingerprint density at radius 3 is 2.58 bits per heavy atom. The number of aliphatic hydroxyl groups is 1. The third-order valence-corrected chi connectivity index (χ3v) is 2.98. The van der Waals surface area contributed by atoms with Crippen molar-refractivity contribution < 1.29 is 9.90 Å². The predicted molar refractivity (Wildman–Crippen MR) is 78.4 cm³/mol. The number of aryl methyl sites for hydroxylation is 2. The Kier molecular flexibility index (Phi) is 5.83. The number of aliphatic hydroxyl groups excluding tert-OH is 1. The topological polar surface area (TPSA) is 61.4 Å². The average molecular weight is 264 g/mol. The summed E-state index contributed by atoms with van der Waals surface area (Å²) in [5.41, 5.74) is 3.05. The molecule has 3 N–H and O–H groups in total. The third-order valence-electron chi connectivity index (χ3n) is 2.98. The lowest BCUT2D eigenvalue weighted by atomic mass is 10.1. The minimum absolute atomic E-state index is 0.204. The van der Waals surface area contributed by atoms with Gasteiger partial charge in [-0.3, -0.25) is 0 Å². The van der Waals surface area contributed by atoms with Gasteiger partial charge in [0.15, 0.2) is 0 Å². The van der Waals surface area contributed by atoms with Crippen LogP contribution in [0, 0.1) is 19.8 Å². The van der Waals surface area contributed by atoms with E-state index >= 15 is 0 Å². The molecule has 0 heterocycles. The first-order valence-corrected chi connectivity index (χ1v) is 6.68. The first-order valence-electron chi connectivity index (χ1n) is 6.68. The minimum atomic E-state index is -0.334. The van der Waals surface area contributed by atoms with Crippen LogP contribution < -0.4 is 10.6 Å². The van der Waals surface area contributed by atoms with Crippen molar-refractivity contribution in [2.24, 2.45) is 5.92 Å². The minimum Gasteiger partial charge on any atom is -0.393 e. The molecule has 19 heavy (non-hydrogen) atoms. The summed E-state index contributed by atoms with van der Waals surface area (Å²) in [6.07, 6.45) is 0.350.